The Morgan fingerprint density at radius 2 is 2.05 bits per heavy atom. The molecule has 0 bridgehead atoms. The lowest BCUT2D eigenvalue weighted by molar-refractivity contribution is 0.0932. The van der Waals surface area contributed by atoms with Crippen molar-refractivity contribution in [1.29, 1.82) is 0 Å². The molecule has 0 radical (unpaired) electrons. The minimum atomic E-state index is -0.143. The van der Waals surface area contributed by atoms with Gasteiger partial charge in [0.25, 0.3) is 5.91 Å². The van der Waals surface area contributed by atoms with Gasteiger partial charge in [0.05, 0.1) is 11.4 Å². The third-order valence-electron chi connectivity index (χ3n) is 4.20. The number of halogens is 1. The average Bonchev–Trinajstić information content (AvgIpc) is 3.11. The predicted octanol–water partition coefficient (Wildman–Crippen LogP) is 3.21. The maximum absolute atomic E-state index is 12.4. The molecule has 5 nitrogen and oxygen atoms in total. The van der Waals surface area contributed by atoms with Gasteiger partial charge in [-0.2, -0.15) is 0 Å². The monoisotopic (exact) mass is 318 g/mol. The van der Waals surface area contributed by atoms with E-state index in [1.807, 2.05) is 32.0 Å². The first-order chi connectivity index (χ1) is 10.6. The molecule has 1 aliphatic carbocycles. The van der Waals surface area contributed by atoms with Crippen molar-refractivity contribution in [3.63, 3.8) is 0 Å². The summed E-state index contributed by atoms with van der Waals surface area (Å²) in [5, 5.41) is 11.9. The molecule has 0 unspecified atom stereocenters. The fourth-order valence-corrected chi connectivity index (χ4v) is 3.07. The van der Waals surface area contributed by atoms with Crippen molar-refractivity contribution in [2.75, 3.05) is 0 Å². The Bertz CT molecular complexity index is 704. The predicted molar refractivity (Wildman–Crippen MR) is 85.6 cm³/mol. The number of nitrogens with zero attached hydrogens (tertiary/aromatic N) is 3. The SMILES string of the molecule is Cc1ccc(Cl)cc1-n1nnc(C(=O)NC2CCCC2)c1C. The Morgan fingerprint density at radius 1 is 1.32 bits per heavy atom. The summed E-state index contributed by atoms with van der Waals surface area (Å²) in [5.74, 6) is -0.143. The summed E-state index contributed by atoms with van der Waals surface area (Å²) >= 11 is 6.06. The zero-order valence-corrected chi connectivity index (χ0v) is 13.5. The van der Waals surface area contributed by atoms with E-state index >= 15 is 0 Å². The van der Waals surface area contributed by atoms with Gasteiger partial charge in [-0.05, 0) is 44.4 Å². The van der Waals surface area contributed by atoms with E-state index in [1.165, 1.54) is 12.8 Å². The molecule has 1 fully saturated rings. The molecule has 1 aromatic heterocycles. The van der Waals surface area contributed by atoms with E-state index in [0.29, 0.717) is 10.7 Å². The molecule has 22 heavy (non-hydrogen) atoms. The van der Waals surface area contributed by atoms with Gasteiger partial charge < -0.3 is 5.32 Å². The van der Waals surface area contributed by atoms with Crippen LogP contribution in [0.25, 0.3) is 5.69 Å². The Morgan fingerprint density at radius 3 is 2.77 bits per heavy atom. The van der Waals surface area contributed by atoms with E-state index in [0.717, 1.165) is 29.8 Å². The van der Waals surface area contributed by atoms with Gasteiger partial charge in [-0.3, -0.25) is 4.79 Å². The molecule has 1 heterocycles. The van der Waals surface area contributed by atoms with Crippen molar-refractivity contribution in [3.8, 4) is 5.69 Å². The molecule has 116 valence electrons. The minimum absolute atomic E-state index is 0.143. The minimum Gasteiger partial charge on any atom is -0.348 e. The second kappa shape index (κ2) is 6.08. The van der Waals surface area contributed by atoms with Crippen LogP contribution >= 0.6 is 11.6 Å². The summed E-state index contributed by atoms with van der Waals surface area (Å²) < 4.78 is 1.67. The Kier molecular flexibility index (Phi) is 4.16. The van der Waals surface area contributed by atoms with Crippen LogP contribution in [0.3, 0.4) is 0 Å². The quantitative estimate of drug-likeness (QED) is 0.945. The van der Waals surface area contributed by atoms with Crippen molar-refractivity contribution < 1.29 is 4.79 Å². The van der Waals surface area contributed by atoms with Crippen molar-refractivity contribution in [3.05, 3.63) is 40.2 Å². The van der Waals surface area contributed by atoms with Crippen LogP contribution in [0.4, 0.5) is 0 Å². The highest BCUT2D eigenvalue weighted by molar-refractivity contribution is 6.30. The number of carbonyl (C=O) groups is 1. The van der Waals surface area contributed by atoms with E-state index in [9.17, 15) is 4.79 Å². The first-order valence-electron chi connectivity index (χ1n) is 7.56. The number of aromatic nitrogens is 3. The molecule has 1 aliphatic rings. The van der Waals surface area contributed by atoms with Gasteiger partial charge in [0, 0.05) is 11.1 Å². The van der Waals surface area contributed by atoms with Gasteiger partial charge in [-0.15, -0.1) is 5.10 Å². The number of rotatable bonds is 3. The van der Waals surface area contributed by atoms with Crippen molar-refractivity contribution >= 4 is 17.5 Å². The molecule has 1 aromatic carbocycles. The molecule has 0 spiro atoms. The molecule has 3 rings (SSSR count). The van der Waals surface area contributed by atoms with Gasteiger partial charge in [0.15, 0.2) is 5.69 Å². The van der Waals surface area contributed by atoms with Crippen LogP contribution in [0, 0.1) is 13.8 Å². The highest BCUT2D eigenvalue weighted by Gasteiger charge is 2.22. The maximum Gasteiger partial charge on any atom is 0.273 e. The van der Waals surface area contributed by atoms with Crippen LogP contribution in [0.15, 0.2) is 18.2 Å². The molecule has 0 saturated heterocycles. The summed E-state index contributed by atoms with van der Waals surface area (Å²) in [7, 11) is 0. The van der Waals surface area contributed by atoms with Crippen LogP contribution in [-0.2, 0) is 0 Å². The van der Waals surface area contributed by atoms with E-state index in [-0.39, 0.29) is 11.9 Å². The van der Waals surface area contributed by atoms with E-state index in [2.05, 4.69) is 15.6 Å². The van der Waals surface area contributed by atoms with E-state index < -0.39 is 0 Å². The highest BCUT2D eigenvalue weighted by Crippen LogP contribution is 2.22. The largest absolute Gasteiger partial charge is 0.348 e. The second-order valence-electron chi connectivity index (χ2n) is 5.82. The van der Waals surface area contributed by atoms with Crippen molar-refractivity contribution in [1.82, 2.24) is 20.3 Å². The average molecular weight is 319 g/mol. The van der Waals surface area contributed by atoms with Gasteiger partial charge in [0.1, 0.15) is 0 Å². The lowest BCUT2D eigenvalue weighted by atomic mass is 10.2. The first kappa shape index (κ1) is 15.0. The van der Waals surface area contributed by atoms with Crippen LogP contribution < -0.4 is 5.32 Å². The second-order valence-corrected chi connectivity index (χ2v) is 6.26. The Balaban J connectivity index is 1.88. The van der Waals surface area contributed by atoms with Crippen LogP contribution in [0.1, 0.15) is 47.4 Å². The lowest BCUT2D eigenvalue weighted by Crippen LogP contribution is -2.33. The fourth-order valence-electron chi connectivity index (χ4n) is 2.90. The fraction of sp³-hybridized carbons (Fsp3) is 0.438. The van der Waals surface area contributed by atoms with Gasteiger partial charge in [-0.1, -0.05) is 35.7 Å². The zero-order chi connectivity index (χ0) is 15.7. The third-order valence-corrected chi connectivity index (χ3v) is 4.43. The number of benzene rings is 1. The van der Waals surface area contributed by atoms with Gasteiger partial charge >= 0.3 is 0 Å². The molecule has 1 amide bonds. The lowest BCUT2D eigenvalue weighted by Gasteiger charge is -2.11. The molecule has 2 aromatic rings. The maximum atomic E-state index is 12.4. The number of hydrogen-bond donors (Lipinski definition) is 1. The van der Waals surface area contributed by atoms with Crippen LogP contribution in [-0.4, -0.2) is 26.9 Å². The Hall–Kier alpha value is -1.88. The number of carbonyl (C=O) groups excluding carboxylic acids is 1. The number of hydrogen-bond acceptors (Lipinski definition) is 3. The zero-order valence-electron chi connectivity index (χ0n) is 12.8. The number of amides is 1. The smallest absolute Gasteiger partial charge is 0.273 e. The van der Waals surface area contributed by atoms with E-state index in [4.69, 9.17) is 11.6 Å². The molecule has 1 saturated carbocycles. The summed E-state index contributed by atoms with van der Waals surface area (Å²) in [6.45, 7) is 3.83. The van der Waals surface area contributed by atoms with Crippen molar-refractivity contribution in [2.45, 2.75) is 45.6 Å². The van der Waals surface area contributed by atoms with Crippen molar-refractivity contribution in [2.24, 2.45) is 0 Å². The third kappa shape index (κ3) is 2.86. The summed E-state index contributed by atoms with van der Waals surface area (Å²) in [6, 6.07) is 5.86. The number of aryl methyl sites for hydroxylation is 1. The van der Waals surface area contributed by atoms with E-state index in [1.54, 1.807) is 4.68 Å². The molecule has 1 N–H and O–H groups in total. The summed E-state index contributed by atoms with van der Waals surface area (Å²) in [4.78, 5) is 12.4. The van der Waals surface area contributed by atoms with Gasteiger partial charge in [-0.25, -0.2) is 4.68 Å². The van der Waals surface area contributed by atoms with Crippen LogP contribution in [0.5, 0.6) is 0 Å². The normalized spacial score (nSPS) is 15.2. The van der Waals surface area contributed by atoms with Gasteiger partial charge in [0.2, 0.25) is 0 Å². The molecule has 0 aliphatic heterocycles. The van der Waals surface area contributed by atoms with Crippen LogP contribution in [0.2, 0.25) is 5.02 Å². The summed E-state index contributed by atoms with van der Waals surface area (Å²) in [5.41, 5.74) is 2.98. The molecular weight excluding hydrogens is 300 g/mol. The number of nitrogens with one attached hydrogen (secondary N) is 1. The standard InChI is InChI=1S/C16H19ClN4O/c1-10-7-8-12(17)9-14(10)21-11(2)15(19-20-21)16(22)18-13-5-3-4-6-13/h7-9,13H,3-6H2,1-2H3,(H,18,22). The first-order valence-corrected chi connectivity index (χ1v) is 7.94. The molecule has 0 atom stereocenters. The highest BCUT2D eigenvalue weighted by atomic mass is 35.5. The molecular formula is C16H19ClN4O. The topological polar surface area (TPSA) is 59.8 Å². The molecule has 6 heteroatoms. The Labute approximate surface area is 134 Å². The summed E-state index contributed by atoms with van der Waals surface area (Å²) in [6.07, 6.45) is 4.45.